The van der Waals surface area contributed by atoms with E-state index in [0.717, 1.165) is 10.8 Å². The maximum atomic E-state index is 5.07. The quantitative estimate of drug-likeness (QED) is 0.633. The van der Waals surface area contributed by atoms with Crippen molar-refractivity contribution in [3.8, 4) is 0 Å². The third-order valence-electron chi connectivity index (χ3n) is 1.53. The van der Waals surface area contributed by atoms with Gasteiger partial charge in [-0.3, -0.25) is 4.27 Å². The van der Waals surface area contributed by atoms with E-state index in [2.05, 4.69) is 21.7 Å². The number of rotatable bonds is 2. The van der Waals surface area contributed by atoms with Gasteiger partial charge in [-0.2, -0.15) is 0 Å². The fraction of sp³-hybridized carbons (Fsp3) is 0. The zero-order valence-electron chi connectivity index (χ0n) is 6.10. The van der Waals surface area contributed by atoms with Crippen molar-refractivity contribution in [1.82, 2.24) is 4.98 Å². The van der Waals surface area contributed by atoms with Crippen molar-refractivity contribution in [2.45, 2.75) is 0 Å². The van der Waals surface area contributed by atoms with Crippen molar-refractivity contribution in [3.05, 3.63) is 24.6 Å². The van der Waals surface area contributed by atoms with Crippen LogP contribution in [-0.2, 0) is 12.4 Å². The molecule has 2 aromatic rings. The average molecular weight is 175 g/mol. The van der Waals surface area contributed by atoms with E-state index in [1.807, 2.05) is 12.1 Å². The second-order valence-electron chi connectivity index (χ2n) is 2.32. The molecule has 0 atom stereocenters. The molecule has 0 unspecified atom stereocenters. The van der Waals surface area contributed by atoms with Crippen molar-refractivity contribution in [2.75, 3.05) is 0 Å². The number of hydrogen-bond acceptors (Lipinski definition) is 4. The maximum absolute atomic E-state index is 5.07. The molecule has 0 aliphatic carbocycles. The van der Waals surface area contributed by atoms with Crippen LogP contribution in [0.1, 0.15) is 0 Å². The van der Waals surface area contributed by atoms with Gasteiger partial charge in [0.05, 0.1) is 6.26 Å². The summed E-state index contributed by atoms with van der Waals surface area (Å²) in [5, 5.41) is 0.961. The molecular weight excluding hydrogens is 171 g/mol. The summed E-state index contributed by atoms with van der Waals surface area (Å²) in [6.45, 7) is 0. The molecule has 0 bridgehead atoms. The maximum Gasteiger partial charge on any atom is 0.332 e. The van der Waals surface area contributed by atoms with Crippen molar-refractivity contribution >= 4 is 36.4 Å². The summed E-state index contributed by atoms with van der Waals surface area (Å²) in [5.74, 6) is 0. The van der Waals surface area contributed by atoms with E-state index < -0.39 is 0 Å². The van der Waals surface area contributed by atoms with Crippen LogP contribution in [0.15, 0.2) is 33.3 Å². The number of hydrogen-bond donors (Lipinski definition) is 0. The number of nitrogens with zero attached hydrogens (tertiary/aromatic N) is 2. The molecular formula is C7H4BN2OS. The molecule has 5 heteroatoms. The van der Waals surface area contributed by atoms with E-state index >= 15 is 0 Å². The van der Waals surface area contributed by atoms with Crippen LogP contribution in [0, 0.1) is 0 Å². The van der Waals surface area contributed by atoms with Crippen LogP contribution in [0.5, 0.6) is 0 Å². The second-order valence-corrected chi connectivity index (χ2v) is 2.53. The summed E-state index contributed by atoms with van der Waals surface area (Å²) < 4.78 is 8.55. The molecule has 57 valence electrons. The SMILES string of the molecule is S=N[B]c1cnc2occc2c1. The molecule has 2 heterocycles. The van der Waals surface area contributed by atoms with E-state index in [-0.39, 0.29) is 0 Å². The molecule has 0 N–H and O–H groups in total. The first-order valence-electron chi connectivity index (χ1n) is 3.39. The highest BCUT2D eigenvalue weighted by molar-refractivity contribution is 7.48. The van der Waals surface area contributed by atoms with Gasteiger partial charge in [0.1, 0.15) is 0 Å². The predicted octanol–water partition coefficient (Wildman–Crippen LogP) is 0.803. The fourth-order valence-electron chi connectivity index (χ4n) is 1.01. The Morgan fingerprint density at radius 2 is 2.50 bits per heavy atom. The molecule has 0 aliphatic heterocycles. The monoisotopic (exact) mass is 175 g/mol. The Kier molecular flexibility index (Phi) is 1.87. The lowest BCUT2D eigenvalue weighted by Crippen LogP contribution is -2.11. The van der Waals surface area contributed by atoms with E-state index in [4.69, 9.17) is 4.42 Å². The minimum atomic E-state index is 0.636. The van der Waals surface area contributed by atoms with Crippen molar-refractivity contribution in [2.24, 2.45) is 4.27 Å². The fourth-order valence-corrected chi connectivity index (χ4v) is 1.13. The van der Waals surface area contributed by atoms with Gasteiger partial charge in [0.15, 0.2) is 0 Å². The summed E-state index contributed by atoms with van der Waals surface area (Å²) in [5.41, 5.74) is 1.52. The van der Waals surface area contributed by atoms with Crippen LogP contribution in [0.2, 0.25) is 0 Å². The lowest BCUT2D eigenvalue weighted by atomic mass is 9.86. The number of fused-ring (bicyclic) bond motifs is 1. The highest BCUT2D eigenvalue weighted by Gasteiger charge is 2.00. The molecule has 1 radical (unpaired) electrons. The van der Waals surface area contributed by atoms with Gasteiger partial charge in [0.2, 0.25) is 5.71 Å². The van der Waals surface area contributed by atoms with Gasteiger partial charge in [0, 0.05) is 24.0 Å². The predicted molar refractivity (Wildman–Crippen MR) is 49.2 cm³/mol. The standard InChI is InChI=1S/C7H4BN2OS/c12-10-8-6-3-5-1-2-11-7(5)9-4-6/h1-4H. The zero-order valence-corrected chi connectivity index (χ0v) is 6.91. The number of furan rings is 1. The van der Waals surface area contributed by atoms with Crippen molar-refractivity contribution < 1.29 is 4.42 Å². The third kappa shape index (κ3) is 1.23. The van der Waals surface area contributed by atoms with E-state index in [1.165, 1.54) is 0 Å². The minimum absolute atomic E-state index is 0.636. The topological polar surface area (TPSA) is 38.4 Å². The van der Waals surface area contributed by atoms with Crippen LogP contribution in [0.25, 0.3) is 11.1 Å². The first kappa shape index (κ1) is 7.43. The number of pyridine rings is 1. The molecule has 0 aromatic carbocycles. The summed E-state index contributed by atoms with van der Waals surface area (Å²) in [4.78, 5) is 4.06. The largest absolute Gasteiger partial charge is 0.446 e. The Morgan fingerprint density at radius 1 is 1.58 bits per heavy atom. The van der Waals surface area contributed by atoms with Crippen LogP contribution < -0.4 is 5.46 Å². The molecule has 0 spiro atoms. The zero-order chi connectivity index (χ0) is 8.39. The molecule has 0 saturated heterocycles. The van der Waals surface area contributed by atoms with Crippen LogP contribution in [0.4, 0.5) is 0 Å². The highest BCUT2D eigenvalue weighted by Crippen LogP contribution is 2.09. The molecule has 0 amide bonds. The molecule has 2 aromatic heterocycles. The van der Waals surface area contributed by atoms with E-state index in [1.54, 1.807) is 19.9 Å². The lowest BCUT2D eigenvalue weighted by Gasteiger charge is -1.91. The van der Waals surface area contributed by atoms with Crippen molar-refractivity contribution in [1.29, 1.82) is 0 Å². The van der Waals surface area contributed by atoms with E-state index in [0.29, 0.717) is 5.71 Å². The minimum Gasteiger partial charge on any atom is -0.446 e. The second kappa shape index (κ2) is 3.02. The smallest absolute Gasteiger partial charge is 0.332 e. The normalized spacial score (nSPS) is 10.0. The summed E-state index contributed by atoms with van der Waals surface area (Å²) >= 11 is 4.45. The molecule has 3 nitrogen and oxygen atoms in total. The van der Waals surface area contributed by atoms with Crippen LogP contribution in [-0.4, -0.2) is 12.4 Å². The lowest BCUT2D eigenvalue weighted by molar-refractivity contribution is 0.603. The first-order valence-corrected chi connectivity index (χ1v) is 3.75. The Hall–Kier alpha value is -1.23. The van der Waals surface area contributed by atoms with Gasteiger partial charge in [-0.05, 0) is 11.5 Å². The van der Waals surface area contributed by atoms with Gasteiger partial charge in [0.25, 0.3) is 0 Å². The van der Waals surface area contributed by atoms with Crippen molar-refractivity contribution in [3.63, 3.8) is 0 Å². The third-order valence-corrected chi connectivity index (χ3v) is 1.63. The summed E-state index contributed by atoms with van der Waals surface area (Å²) in [7, 11) is 1.58. The Balaban J connectivity index is 2.52. The Morgan fingerprint density at radius 3 is 3.33 bits per heavy atom. The average Bonchev–Trinajstić information content (AvgIpc) is 2.51. The highest BCUT2D eigenvalue weighted by atomic mass is 32.1. The van der Waals surface area contributed by atoms with Gasteiger partial charge >= 0.3 is 7.41 Å². The van der Waals surface area contributed by atoms with Gasteiger partial charge in [-0.25, -0.2) is 4.98 Å². The summed E-state index contributed by atoms with van der Waals surface area (Å²) in [6, 6.07) is 3.77. The van der Waals surface area contributed by atoms with Gasteiger partial charge in [-0.15, -0.1) is 0 Å². The number of aromatic nitrogens is 1. The van der Waals surface area contributed by atoms with Crippen LogP contribution in [0.3, 0.4) is 0 Å². The Labute approximate surface area is 75.2 Å². The molecule has 0 aliphatic rings. The van der Waals surface area contributed by atoms with E-state index in [9.17, 15) is 0 Å². The molecule has 0 fully saturated rings. The first-order chi connectivity index (χ1) is 5.90. The Bertz CT molecular complexity index is 414. The molecule has 0 saturated carbocycles. The molecule has 2 rings (SSSR count). The van der Waals surface area contributed by atoms with Crippen LogP contribution >= 0.6 is 0 Å². The molecule has 12 heavy (non-hydrogen) atoms. The van der Waals surface area contributed by atoms with Gasteiger partial charge in [-0.1, -0.05) is 6.07 Å². The van der Waals surface area contributed by atoms with Gasteiger partial charge < -0.3 is 4.42 Å². The summed E-state index contributed by atoms with van der Waals surface area (Å²) in [6.07, 6.45) is 3.27.